The van der Waals surface area contributed by atoms with Crippen LogP contribution >= 0.6 is 11.8 Å². The molecule has 0 unspecified atom stereocenters. The van der Waals surface area contributed by atoms with E-state index in [1.807, 2.05) is 58.0 Å². The molecule has 0 saturated carbocycles. The average Bonchev–Trinajstić information content (AvgIpc) is 2.44. The van der Waals surface area contributed by atoms with Gasteiger partial charge in [-0.15, -0.1) is 0 Å². The fraction of sp³-hybridized carbons (Fsp3) is 0.611. The fourth-order valence-corrected chi connectivity index (χ4v) is 2.99. The zero-order valence-electron chi connectivity index (χ0n) is 14.2. The van der Waals surface area contributed by atoms with Gasteiger partial charge in [-0.2, -0.15) is 0 Å². The highest BCUT2D eigenvalue weighted by atomic mass is 32.2. The summed E-state index contributed by atoms with van der Waals surface area (Å²) in [7, 11) is 0. The summed E-state index contributed by atoms with van der Waals surface area (Å²) < 4.78 is 5.53. The van der Waals surface area contributed by atoms with E-state index in [1.54, 1.807) is 6.92 Å². The van der Waals surface area contributed by atoms with Crippen molar-refractivity contribution < 1.29 is 14.6 Å². The minimum absolute atomic E-state index is 0.0370. The number of hydrogen-bond donors (Lipinski definition) is 1. The Morgan fingerprint density at radius 2 is 1.82 bits per heavy atom. The molecular formula is C18H28O3S. The van der Waals surface area contributed by atoms with E-state index in [4.69, 9.17) is 4.74 Å². The standard InChI is InChI=1S/C18H28O3S/c1-13(11-21-12-15-9-7-6-8-10-15)16(19)14(2)17(20)22-18(3,4)5/h6-10,13-14,16,19H,11-12H2,1-5H3/t13-,14-,16+/m1/s1. The number of carbonyl (C=O) groups excluding carboxylic acids is 1. The first-order valence-electron chi connectivity index (χ1n) is 7.73. The molecule has 4 heteroatoms. The van der Waals surface area contributed by atoms with Crippen molar-refractivity contribution in [3.05, 3.63) is 35.9 Å². The van der Waals surface area contributed by atoms with Gasteiger partial charge in [0.15, 0.2) is 5.12 Å². The van der Waals surface area contributed by atoms with E-state index in [0.717, 1.165) is 5.56 Å². The first-order chi connectivity index (χ1) is 10.2. The second-order valence-corrected chi connectivity index (χ2v) is 8.62. The second-order valence-electron chi connectivity index (χ2n) is 6.79. The monoisotopic (exact) mass is 324 g/mol. The van der Waals surface area contributed by atoms with Crippen LogP contribution in [-0.4, -0.2) is 27.7 Å². The predicted octanol–water partition coefficient (Wildman–Crippen LogP) is 3.89. The van der Waals surface area contributed by atoms with Gasteiger partial charge in [0.05, 0.1) is 25.2 Å². The van der Waals surface area contributed by atoms with Crippen LogP contribution in [0.3, 0.4) is 0 Å². The second kappa shape index (κ2) is 8.70. The van der Waals surface area contributed by atoms with Crippen LogP contribution in [0.2, 0.25) is 0 Å². The first-order valence-corrected chi connectivity index (χ1v) is 8.55. The van der Waals surface area contributed by atoms with E-state index in [2.05, 4.69) is 0 Å². The molecule has 0 aliphatic carbocycles. The van der Waals surface area contributed by atoms with Gasteiger partial charge in [-0.05, 0) is 5.56 Å². The lowest BCUT2D eigenvalue weighted by atomic mass is 9.95. The Labute approximate surface area is 138 Å². The molecule has 3 nitrogen and oxygen atoms in total. The molecule has 1 N–H and O–H groups in total. The minimum Gasteiger partial charge on any atom is -0.392 e. The molecule has 0 saturated heterocycles. The van der Waals surface area contributed by atoms with Crippen molar-refractivity contribution in [1.82, 2.24) is 0 Å². The number of ether oxygens (including phenoxy) is 1. The fourth-order valence-electron chi connectivity index (χ4n) is 2.06. The summed E-state index contributed by atoms with van der Waals surface area (Å²) in [5.74, 6) is -0.470. The van der Waals surface area contributed by atoms with E-state index < -0.39 is 6.10 Å². The van der Waals surface area contributed by atoms with Crippen molar-refractivity contribution in [2.45, 2.75) is 52.1 Å². The summed E-state index contributed by atoms with van der Waals surface area (Å²) in [6.07, 6.45) is -0.682. The van der Waals surface area contributed by atoms with Crippen LogP contribution in [0.5, 0.6) is 0 Å². The van der Waals surface area contributed by atoms with Crippen LogP contribution in [0.15, 0.2) is 30.3 Å². The molecule has 3 atom stereocenters. The maximum Gasteiger partial charge on any atom is 0.194 e. The Bertz CT molecular complexity index is 453. The zero-order chi connectivity index (χ0) is 16.8. The molecule has 1 rings (SSSR count). The van der Waals surface area contributed by atoms with Crippen LogP contribution in [0.1, 0.15) is 40.2 Å². The van der Waals surface area contributed by atoms with Gasteiger partial charge in [-0.3, -0.25) is 4.79 Å². The summed E-state index contributed by atoms with van der Waals surface area (Å²) in [6, 6.07) is 9.93. The maximum absolute atomic E-state index is 12.2. The number of aliphatic hydroxyl groups is 1. The summed E-state index contributed by atoms with van der Waals surface area (Å²) in [4.78, 5) is 12.2. The quantitative estimate of drug-likeness (QED) is 0.826. The van der Waals surface area contributed by atoms with E-state index >= 15 is 0 Å². The van der Waals surface area contributed by atoms with Crippen LogP contribution in [0.25, 0.3) is 0 Å². The smallest absolute Gasteiger partial charge is 0.194 e. The molecule has 0 aliphatic rings. The van der Waals surface area contributed by atoms with Crippen molar-refractivity contribution in [3.63, 3.8) is 0 Å². The Morgan fingerprint density at radius 3 is 2.36 bits per heavy atom. The van der Waals surface area contributed by atoms with Gasteiger partial charge >= 0.3 is 0 Å². The lowest BCUT2D eigenvalue weighted by Crippen LogP contribution is -2.33. The van der Waals surface area contributed by atoms with Crippen LogP contribution < -0.4 is 0 Å². The molecule has 0 aromatic heterocycles. The third-order valence-electron chi connectivity index (χ3n) is 3.37. The molecule has 0 spiro atoms. The number of benzene rings is 1. The Hall–Kier alpha value is -0.840. The van der Waals surface area contributed by atoms with E-state index in [1.165, 1.54) is 11.8 Å². The Morgan fingerprint density at radius 1 is 1.23 bits per heavy atom. The summed E-state index contributed by atoms with van der Waals surface area (Å²) in [6.45, 7) is 10.7. The Kier molecular flexibility index (Phi) is 7.60. The molecule has 0 bridgehead atoms. The van der Waals surface area contributed by atoms with E-state index in [0.29, 0.717) is 13.2 Å². The van der Waals surface area contributed by atoms with Crippen molar-refractivity contribution in [2.24, 2.45) is 11.8 Å². The van der Waals surface area contributed by atoms with Crippen molar-refractivity contribution in [3.8, 4) is 0 Å². The molecule has 124 valence electrons. The third kappa shape index (κ3) is 6.95. The van der Waals surface area contributed by atoms with Gasteiger partial charge in [0.2, 0.25) is 0 Å². The lowest BCUT2D eigenvalue weighted by Gasteiger charge is -2.26. The largest absolute Gasteiger partial charge is 0.392 e. The number of hydrogen-bond acceptors (Lipinski definition) is 4. The minimum atomic E-state index is -0.682. The lowest BCUT2D eigenvalue weighted by molar-refractivity contribution is -0.118. The van der Waals surface area contributed by atoms with Crippen molar-refractivity contribution >= 4 is 16.9 Å². The van der Waals surface area contributed by atoms with Crippen LogP contribution in [0.4, 0.5) is 0 Å². The molecule has 1 aromatic carbocycles. The van der Waals surface area contributed by atoms with E-state index in [9.17, 15) is 9.90 Å². The van der Waals surface area contributed by atoms with Crippen molar-refractivity contribution in [2.75, 3.05) is 6.61 Å². The molecule has 22 heavy (non-hydrogen) atoms. The number of aliphatic hydroxyl groups excluding tert-OH is 1. The van der Waals surface area contributed by atoms with Gasteiger partial charge < -0.3 is 9.84 Å². The van der Waals surface area contributed by atoms with E-state index in [-0.39, 0.29) is 21.7 Å². The van der Waals surface area contributed by atoms with Crippen LogP contribution in [-0.2, 0) is 16.1 Å². The SMILES string of the molecule is C[C@H](COCc1ccccc1)[C@H](O)[C@@H](C)C(=O)SC(C)(C)C. The highest BCUT2D eigenvalue weighted by Gasteiger charge is 2.30. The predicted molar refractivity (Wildman–Crippen MR) is 92.8 cm³/mol. The maximum atomic E-state index is 12.2. The molecule has 0 radical (unpaired) electrons. The summed E-state index contributed by atoms with van der Waals surface area (Å²) in [5.41, 5.74) is 1.11. The van der Waals surface area contributed by atoms with Gasteiger partial charge in [-0.1, -0.05) is 76.7 Å². The normalized spacial score (nSPS) is 16.1. The van der Waals surface area contributed by atoms with Gasteiger partial charge in [0.1, 0.15) is 0 Å². The molecule has 0 aliphatic heterocycles. The zero-order valence-corrected chi connectivity index (χ0v) is 15.0. The molecular weight excluding hydrogens is 296 g/mol. The highest BCUT2D eigenvalue weighted by molar-refractivity contribution is 8.14. The summed E-state index contributed by atoms with van der Waals surface area (Å²) in [5, 5.41) is 10.4. The molecule has 0 fully saturated rings. The average molecular weight is 324 g/mol. The number of rotatable bonds is 7. The topological polar surface area (TPSA) is 46.5 Å². The van der Waals surface area contributed by atoms with Crippen LogP contribution in [0, 0.1) is 11.8 Å². The van der Waals surface area contributed by atoms with Gasteiger partial charge in [-0.25, -0.2) is 0 Å². The molecule has 0 heterocycles. The van der Waals surface area contributed by atoms with Gasteiger partial charge in [0, 0.05) is 10.7 Å². The van der Waals surface area contributed by atoms with Crippen molar-refractivity contribution in [1.29, 1.82) is 0 Å². The molecule has 0 amide bonds. The highest BCUT2D eigenvalue weighted by Crippen LogP contribution is 2.29. The Balaban J connectivity index is 2.40. The first kappa shape index (κ1) is 19.2. The van der Waals surface area contributed by atoms with Gasteiger partial charge in [0.25, 0.3) is 0 Å². The summed E-state index contributed by atoms with van der Waals surface area (Å²) >= 11 is 1.29. The number of thioether (sulfide) groups is 1. The number of carbonyl (C=O) groups is 1. The third-order valence-corrected chi connectivity index (χ3v) is 4.55. The molecule has 1 aromatic rings.